The molecule has 0 amide bonds. The van der Waals surface area contributed by atoms with Crippen molar-refractivity contribution in [2.24, 2.45) is 5.73 Å². The molecular formula is C26H27NO6. The highest BCUT2D eigenvalue weighted by atomic mass is 16.5. The highest BCUT2D eigenvalue weighted by Gasteiger charge is 2.41. The van der Waals surface area contributed by atoms with Gasteiger partial charge in [-0.05, 0) is 36.6 Å². The zero-order valence-corrected chi connectivity index (χ0v) is 18.8. The van der Waals surface area contributed by atoms with E-state index in [1.807, 2.05) is 43.3 Å². The number of ketones is 1. The molecule has 0 saturated heterocycles. The molecule has 4 rings (SSSR count). The molecule has 7 heteroatoms. The second-order valence-corrected chi connectivity index (χ2v) is 7.83. The summed E-state index contributed by atoms with van der Waals surface area (Å²) < 4.78 is 22.5. The van der Waals surface area contributed by atoms with Crippen LogP contribution in [0.2, 0.25) is 0 Å². The van der Waals surface area contributed by atoms with E-state index in [-0.39, 0.29) is 17.2 Å². The Labute approximate surface area is 192 Å². The number of benzene rings is 2. The maximum Gasteiger partial charge on any atom is 0.340 e. The average Bonchev–Trinajstić information content (AvgIpc) is 2.83. The molecule has 0 fully saturated rings. The van der Waals surface area contributed by atoms with Crippen molar-refractivity contribution in [1.29, 1.82) is 0 Å². The van der Waals surface area contributed by atoms with Crippen molar-refractivity contribution in [1.82, 2.24) is 0 Å². The van der Waals surface area contributed by atoms with E-state index in [9.17, 15) is 9.59 Å². The van der Waals surface area contributed by atoms with Gasteiger partial charge >= 0.3 is 5.97 Å². The van der Waals surface area contributed by atoms with Crippen molar-refractivity contribution in [3.05, 3.63) is 82.4 Å². The first-order chi connectivity index (χ1) is 16.0. The molecule has 1 aliphatic carbocycles. The quantitative estimate of drug-likeness (QED) is 0.635. The number of carbonyl (C=O) groups excluding carboxylic acids is 2. The SMILES string of the molecule is CCOc1cc([C@H]2C(C(=O)OC)=C(N)OC3=C2C(=O)CCC3)ccc1OCc1ccccc1. The predicted octanol–water partition coefficient (Wildman–Crippen LogP) is 4.13. The summed E-state index contributed by atoms with van der Waals surface area (Å²) >= 11 is 0. The van der Waals surface area contributed by atoms with E-state index in [0.717, 1.165) is 5.56 Å². The third-order valence-corrected chi connectivity index (χ3v) is 5.73. The van der Waals surface area contributed by atoms with E-state index in [0.29, 0.717) is 60.9 Å². The Bertz CT molecular complexity index is 1120. The Morgan fingerprint density at radius 2 is 1.88 bits per heavy atom. The van der Waals surface area contributed by atoms with Crippen LogP contribution in [-0.2, 0) is 25.7 Å². The van der Waals surface area contributed by atoms with Gasteiger partial charge in [0.2, 0.25) is 5.88 Å². The number of rotatable bonds is 7. The highest BCUT2D eigenvalue weighted by molar-refractivity contribution is 6.03. The predicted molar refractivity (Wildman–Crippen MR) is 121 cm³/mol. The van der Waals surface area contributed by atoms with Crippen LogP contribution in [0.25, 0.3) is 0 Å². The van der Waals surface area contributed by atoms with Crippen LogP contribution in [0.15, 0.2) is 71.3 Å². The van der Waals surface area contributed by atoms with Crippen LogP contribution in [-0.4, -0.2) is 25.5 Å². The van der Waals surface area contributed by atoms with Gasteiger partial charge in [-0.1, -0.05) is 36.4 Å². The first kappa shape index (κ1) is 22.5. The first-order valence-corrected chi connectivity index (χ1v) is 11.0. The van der Waals surface area contributed by atoms with Crippen LogP contribution in [0.3, 0.4) is 0 Å². The number of ether oxygens (including phenoxy) is 4. The summed E-state index contributed by atoms with van der Waals surface area (Å²) in [5.74, 6) is 0.174. The largest absolute Gasteiger partial charge is 0.490 e. The zero-order valence-electron chi connectivity index (χ0n) is 18.8. The van der Waals surface area contributed by atoms with Gasteiger partial charge in [-0.25, -0.2) is 4.79 Å². The topological polar surface area (TPSA) is 97.1 Å². The van der Waals surface area contributed by atoms with E-state index in [2.05, 4.69) is 0 Å². The van der Waals surface area contributed by atoms with Gasteiger partial charge < -0.3 is 24.7 Å². The lowest BCUT2D eigenvalue weighted by atomic mass is 9.77. The molecule has 1 aliphatic heterocycles. The van der Waals surface area contributed by atoms with Gasteiger partial charge in [0, 0.05) is 18.4 Å². The number of hydrogen-bond acceptors (Lipinski definition) is 7. The number of Topliss-reactive ketones (excluding diaryl/α,β-unsaturated/α-hetero) is 1. The van der Waals surface area contributed by atoms with E-state index >= 15 is 0 Å². The normalized spacial score (nSPS) is 17.9. The van der Waals surface area contributed by atoms with Crippen molar-refractivity contribution < 1.29 is 28.5 Å². The molecule has 2 aromatic rings. The lowest BCUT2D eigenvalue weighted by molar-refractivity contribution is -0.136. The number of nitrogens with two attached hydrogens (primary N) is 1. The third kappa shape index (κ3) is 4.58. The summed E-state index contributed by atoms with van der Waals surface area (Å²) in [4.78, 5) is 25.6. The Balaban J connectivity index is 1.74. The molecule has 0 unspecified atom stereocenters. The first-order valence-electron chi connectivity index (χ1n) is 11.0. The lowest BCUT2D eigenvalue weighted by Gasteiger charge is -2.32. The summed E-state index contributed by atoms with van der Waals surface area (Å²) in [6.45, 7) is 2.68. The van der Waals surface area contributed by atoms with Gasteiger partial charge in [0.25, 0.3) is 0 Å². The number of methoxy groups -OCH3 is 1. The number of carbonyl (C=O) groups is 2. The molecular weight excluding hydrogens is 422 g/mol. The van der Waals surface area contributed by atoms with Crippen LogP contribution >= 0.6 is 0 Å². The van der Waals surface area contributed by atoms with Gasteiger partial charge in [0.15, 0.2) is 17.3 Å². The van der Waals surface area contributed by atoms with Crippen LogP contribution in [0.1, 0.15) is 43.2 Å². The number of hydrogen-bond donors (Lipinski definition) is 1. The smallest absolute Gasteiger partial charge is 0.340 e. The molecule has 33 heavy (non-hydrogen) atoms. The van der Waals surface area contributed by atoms with E-state index in [4.69, 9.17) is 24.7 Å². The van der Waals surface area contributed by atoms with E-state index < -0.39 is 11.9 Å². The van der Waals surface area contributed by atoms with E-state index in [1.165, 1.54) is 7.11 Å². The fourth-order valence-corrected chi connectivity index (χ4v) is 4.23. The van der Waals surface area contributed by atoms with Crippen LogP contribution < -0.4 is 15.2 Å². The van der Waals surface area contributed by atoms with Crippen LogP contribution in [0.4, 0.5) is 0 Å². The molecule has 7 nitrogen and oxygen atoms in total. The summed E-state index contributed by atoms with van der Waals surface area (Å²) in [7, 11) is 1.28. The minimum Gasteiger partial charge on any atom is -0.490 e. The van der Waals surface area contributed by atoms with Crippen LogP contribution in [0.5, 0.6) is 11.5 Å². The number of esters is 1. The molecule has 0 saturated carbocycles. The van der Waals surface area contributed by atoms with E-state index in [1.54, 1.807) is 12.1 Å². The van der Waals surface area contributed by atoms with Crippen LogP contribution in [0, 0.1) is 0 Å². The molecule has 0 aromatic heterocycles. The highest BCUT2D eigenvalue weighted by Crippen LogP contribution is 2.45. The van der Waals surface area contributed by atoms with Crippen molar-refractivity contribution >= 4 is 11.8 Å². The van der Waals surface area contributed by atoms with Gasteiger partial charge in [-0.15, -0.1) is 0 Å². The molecule has 2 N–H and O–H groups in total. The molecule has 0 bridgehead atoms. The summed E-state index contributed by atoms with van der Waals surface area (Å²) in [5.41, 5.74) is 8.41. The van der Waals surface area contributed by atoms with Crippen molar-refractivity contribution in [3.8, 4) is 11.5 Å². The Morgan fingerprint density at radius 3 is 2.61 bits per heavy atom. The maximum atomic E-state index is 12.9. The second kappa shape index (κ2) is 9.81. The average molecular weight is 450 g/mol. The lowest BCUT2D eigenvalue weighted by Crippen LogP contribution is -2.31. The Kier molecular flexibility index (Phi) is 6.68. The minimum absolute atomic E-state index is 0.0392. The van der Waals surface area contributed by atoms with Gasteiger partial charge in [-0.3, -0.25) is 4.79 Å². The summed E-state index contributed by atoms with van der Waals surface area (Å²) in [6.07, 6.45) is 1.66. The molecule has 2 aromatic carbocycles. The Morgan fingerprint density at radius 1 is 1.09 bits per heavy atom. The molecule has 0 radical (unpaired) electrons. The zero-order chi connectivity index (χ0) is 23.4. The molecule has 0 spiro atoms. The van der Waals surface area contributed by atoms with Gasteiger partial charge in [0.1, 0.15) is 17.9 Å². The van der Waals surface area contributed by atoms with Crippen molar-refractivity contribution in [3.63, 3.8) is 0 Å². The summed E-state index contributed by atoms with van der Waals surface area (Å²) in [6, 6.07) is 15.2. The fraction of sp³-hybridized carbons (Fsp3) is 0.308. The van der Waals surface area contributed by atoms with Crippen molar-refractivity contribution in [2.45, 2.75) is 38.7 Å². The third-order valence-electron chi connectivity index (χ3n) is 5.73. The van der Waals surface area contributed by atoms with Gasteiger partial charge in [0.05, 0.1) is 19.6 Å². The fourth-order valence-electron chi connectivity index (χ4n) is 4.23. The minimum atomic E-state index is -0.698. The second-order valence-electron chi connectivity index (χ2n) is 7.83. The Hall–Kier alpha value is -3.74. The molecule has 1 heterocycles. The van der Waals surface area contributed by atoms with Crippen molar-refractivity contribution in [2.75, 3.05) is 13.7 Å². The molecule has 2 aliphatic rings. The molecule has 1 atom stereocenters. The number of allylic oxidation sites excluding steroid dienone is 2. The monoisotopic (exact) mass is 449 g/mol. The standard InChI is InChI=1S/C26H27NO6/c1-3-31-21-14-17(12-13-19(21)32-15-16-8-5-4-6-9-16)22-23-18(28)10-7-11-20(23)33-25(27)24(22)26(29)30-2/h4-6,8-9,12-14,22H,3,7,10-11,15,27H2,1-2H3/t22-/m1/s1. The maximum absolute atomic E-state index is 12.9. The summed E-state index contributed by atoms with van der Waals surface area (Å²) in [5, 5.41) is 0. The molecule has 172 valence electrons. The van der Waals surface area contributed by atoms with Gasteiger partial charge in [-0.2, -0.15) is 0 Å².